The average molecular weight is 158 g/mol. The zero-order valence-corrected chi connectivity index (χ0v) is 8.39. The quantitative estimate of drug-likeness (QED) is 0.440. The molecule has 0 bridgehead atoms. The van der Waals surface area contributed by atoms with Gasteiger partial charge in [-0.25, -0.2) is 0 Å². The van der Waals surface area contributed by atoms with Crippen molar-refractivity contribution < 1.29 is 9.84 Å². The van der Waals surface area contributed by atoms with Crippen molar-refractivity contribution in [1.82, 2.24) is 0 Å². The maximum Gasteiger partial charge on any atom is 0.112 e. The van der Waals surface area contributed by atoms with E-state index in [9.17, 15) is 0 Å². The third kappa shape index (κ3) is 1.41. The second-order valence-corrected chi connectivity index (χ2v) is 4.60. The predicted octanol–water partition coefficient (Wildman–Crippen LogP) is 0.320. The summed E-state index contributed by atoms with van der Waals surface area (Å²) in [6.45, 7) is 4.30. The highest BCUT2D eigenvalue weighted by Crippen LogP contribution is 2.26. The zero-order valence-electron chi connectivity index (χ0n) is 6.39. The van der Waals surface area contributed by atoms with E-state index in [1.165, 1.54) is 0 Å². The first kappa shape index (κ1) is 7.82. The number of ether oxygens (including phenoxy) is 1. The topological polar surface area (TPSA) is 29.5 Å². The summed E-state index contributed by atoms with van der Waals surface area (Å²) in [6.07, 6.45) is 3.23. The molecule has 1 aliphatic heterocycles. The van der Waals surface area contributed by atoms with Crippen LogP contribution in [0.3, 0.4) is 0 Å². The van der Waals surface area contributed by atoms with E-state index in [4.69, 9.17) is 9.84 Å². The summed E-state index contributed by atoms with van der Waals surface area (Å²) in [5, 5.41) is 8.83. The Kier molecular flexibility index (Phi) is 2.16. The Morgan fingerprint density at radius 1 is 1.60 bits per heavy atom. The highest BCUT2D eigenvalue weighted by atomic mass is 28.1. The van der Waals surface area contributed by atoms with E-state index in [0.717, 1.165) is 36.1 Å². The number of rotatable bonds is 1. The largest absolute Gasteiger partial charge is 0.510 e. The van der Waals surface area contributed by atoms with Crippen LogP contribution in [0.15, 0.2) is 12.3 Å². The van der Waals surface area contributed by atoms with E-state index in [-0.39, 0.29) is 11.0 Å². The van der Waals surface area contributed by atoms with Gasteiger partial charge in [-0.2, -0.15) is 0 Å². The molecule has 1 rings (SSSR count). The van der Waals surface area contributed by atoms with E-state index >= 15 is 0 Å². The first-order valence-electron chi connectivity index (χ1n) is 3.67. The van der Waals surface area contributed by atoms with Crippen LogP contribution in [0.1, 0.15) is 19.3 Å². The Bertz CT molecular complexity index is 139. The lowest BCUT2D eigenvalue weighted by Gasteiger charge is -2.32. The zero-order chi connectivity index (χ0) is 7.61. The maximum atomic E-state index is 9.15. The van der Waals surface area contributed by atoms with Crippen molar-refractivity contribution in [2.75, 3.05) is 6.61 Å². The molecule has 1 heterocycles. The molecule has 1 saturated heterocycles. The van der Waals surface area contributed by atoms with Gasteiger partial charge in [-0.1, -0.05) is 6.58 Å². The fourth-order valence-corrected chi connectivity index (χ4v) is 1.72. The van der Waals surface area contributed by atoms with Crippen molar-refractivity contribution in [2.24, 2.45) is 0 Å². The minimum absolute atomic E-state index is 0.221. The second kappa shape index (κ2) is 2.76. The summed E-state index contributed by atoms with van der Waals surface area (Å²) in [7, 11) is 0.843. The SMILES string of the molecule is C=C(O)C1([SiH3])CCCCO1. The van der Waals surface area contributed by atoms with Crippen LogP contribution in [0.25, 0.3) is 0 Å². The van der Waals surface area contributed by atoms with Gasteiger partial charge in [-0.05, 0) is 19.3 Å². The molecule has 3 heteroatoms. The molecular weight excluding hydrogens is 144 g/mol. The maximum absolute atomic E-state index is 9.15. The van der Waals surface area contributed by atoms with Gasteiger partial charge in [0.25, 0.3) is 0 Å². The highest BCUT2D eigenvalue weighted by Gasteiger charge is 2.30. The van der Waals surface area contributed by atoms with Crippen molar-refractivity contribution in [3.05, 3.63) is 12.3 Å². The lowest BCUT2D eigenvalue weighted by molar-refractivity contribution is -0.0163. The molecule has 2 nitrogen and oxygen atoms in total. The van der Waals surface area contributed by atoms with Gasteiger partial charge in [0.2, 0.25) is 0 Å². The summed E-state index contributed by atoms with van der Waals surface area (Å²) >= 11 is 0. The first-order valence-corrected chi connectivity index (χ1v) is 4.67. The minimum Gasteiger partial charge on any atom is -0.510 e. The molecule has 0 saturated carbocycles. The Morgan fingerprint density at radius 2 is 2.30 bits per heavy atom. The summed E-state index contributed by atoms with van der Waals surface area (Å²) in [6, 6.07) is 0. The Labute approximate surface area is 64.3 Å². The van der Waals surface area contributed by atoms with Crippen LogP contribution in [0.2, 0.25) is 0 Å². The van der Waals surface area contributed by atoms with Gasteiger partial charge in [-0.3, -0.25) is 0 Å². The molecule has 58 valence electrons. The van der Waals surface area contributed by atoms with Crippen molar-refractivity contribution >= 4 is 10.2 Å². The van der Waals surface area contributed by atoms with Gasteiger partial charge >= 0.3 is 0 Å². The third-order valence-electron chi connectivity index (χ3n) is 2.08. The number of aliphatic hydroxyl groups is 1. The number of hydrogen-bond acceptors (Lipinski definition) is 2. The van der Waals surface area contributed by atoms with Crippen LogP contribution in [0, 0.1) is 0 Å². The van der Waals surface area contributed by atoms with Gasteiger partial charge in [0.05, 0.1) is 10.2 Å². The van der Waals surface area contributed by atoms with Gasteiger partial charge in [0, 0.05) is 6.61 Å². The lowest BCUT2D eigenvalue weighted by Crippen LogP contribution is -2.38. The van der Waals surface area contributed by atoms with Crippen molar-refractivity contribution in [1.29, 1.82) is 0 Å². The molecule has 1 aliphatic rings. The average Bonchev–Trinajstić information content (AvgIpc) is 1.89. The smallest absolute Gasteiger partial charge is 0.112 e. The van der Waals surface area contributed by atoms with E-state index in [1.807, 2.05) is 0 Å². The number of aliphatic hydroxyl groups excluding tert-OH is 1. The Balaban J connectivity index is 2.56. The molecule has 1 fully saturated rings. The highest BCUT2D eigenvalue weighted by molar-refractivity contribution is 6.16. The van der Waals surface area contributed by atoms with E-state index in [0.29, 0.717) is 0 Å². The molecule has 1 N–H and O–H groups in total. The molecular formula is C7H14O2Si. The third-order valence-corrected chi connectivity index (χ3v) is 3.45. The second-order valence-electron chi connectivity index (χ2n) is 2.98. The molecule has 0 aromatic rings. The van der Waals surface area contributed by atoms with Crippen LogP contribution in [-0.2, 0) is 4.74 Å². The van der Waals surface area contributed by atoms with Gasteiger partial charge in [-0.15, -0.1) is 0 Å². The minimum atomic E-state index is -0.321. The van der Waals surface area contributed by atoms with Crippen molar-refractivity contribution in [2.45, 2.75) is 24.5 Å². The molecule has 0 spiro atoms. The summed E-state index contributed by atoms with van der Waals surface area (Å²) < 4.78 is 5.44. The van der Waals surface area contributed by atoms with Crippen LogP contribution >= 0.6 is 0 Å². The normalized spacial score (nSPS) is 34.0. The Hall–Kier alpha value is -0.283. The van der Waals surface area contributed by atoms with Crippen molar-refractivity contribution in [3.63, 3.8) is 0 Å². The molecule has 0 amide bonds. The van der Waals surface area contributed by atoms with Gasteiger partial charge in [0.1, 0.15) is 11.0 Å². The fraction of sp³-hybridized carbons (Fsp3) is 0.714. The summed E-state index contributed by atoms with van der Waals surface area (Å²) in [4.78, 5) is 0. The molecule has 0 aromatic carbocycles. The lowest BCUT2D eigenvalue weighted by atomic mass is 10.1. The molecule has 0 aliphatic carbocycles. The van der Waals surface area contributed by atoms with Crippen LogP contribution < -0.4 is 0 Å². The van der Waals surface area contributed by atoms with E-state index < -0.39 is 0 Å². The summed E-state index contributed by atoms with van der Waals surface area (Å²) in [5.41, 5.74) is 0. The molecule has 0 radical (unpaired) electrons. The monoisotopic (exact) mass is 158 g/mol. The van der Waals surface area contributed by atoms with Gasteiger partial charge < -0.3 is 9.84 Å². The van der Waals surface area contributed by atoms with Gasteiger partial charge in [0.15, 0.2) is 0 Å². The molecule has 1 atom stereocenters. The first-order chi connectivity index (χ1) is 4.65. The van der Waals surface area contributed by atoms with E-state index in [1.54, 1.807) is 0 Å². The fourth-order valence-electron chi connectivity index (χ4n) is 1.16. The van der Waals surface area contributed by atoms with Crippen LogP contribution in [-0.4, -0.2) is 27.2 Å². The standard InChI is InChI=1S/C7H14O2Si/c1-6(8)7(10)4-2-3-5-9-7/h8H,1-5H2,10H3. The molecule has 10 heavy (non-hydrogen) atoms. The van der Waals surface area contributed by atoms with Crippen molar-refractivity contribution in [3.8, 4) is 0 Å². The molecule has 1 unspecified atom stereocenters. The Morgan fingerprint density at radius 3 is 2.60 bits per heavy atom. The van der Waals surface area contributed by atoms with Crippen LogP contribution in [0.4, 0.5) is 0 Å². The molecule has 0 aromatic heterocycles. The van der Waals surface area contributed by atoms with Crippen LogP contribution in [0.5, 0.6) is 0 Å². The van der Waals surface area contributed by atoms with E-state index in [2.05, 4.69) is 6.58 Å². The predicted molar refractivity (Wildman–Crippen MR) is 44.2 cm³/mol. The summed E-state index contributed by atoms with van der Waals surface area (Å²) in [5.74, 6) is 0.221. The number of hydrogen-bond donors (Lipinski definition) is 1.